The number of thiophene rings is 1. The van der Waals surface area contributed by atoms with Crippen molar-refractivity contribution in [1.29, 1.82) is 0 Å². The van der Waals surface area contributed by atoms with Crippen molar-refractivity contribution in [2.75, 3.05) is 0 Å². The molecule has 3 nitrogen and oxygen atoms in total. The number of hydrogen-bond donors (Lipinski definition) is 0. The molecule has 0 aliphatic carbocycles. The average molecular weight is 360 g/mol. The first-order chi connectivity index (χ1) is 10.2. The molecule has 21 heavy (non-hydrogen) atoms. The third kappa shape index (κ3) is 3.20. The van der Waals surface area contributed by atoms with Crippen LogP contribution in [0, 0.1) is 0 Å². The molecule has 0 amide bonds. The van der Waals surface area contributed by atoms with E-state index in [1.54, 1.807) is 6.08 Å². The van der Waals surface area contributed by atoms with Crippen LogP contribution in [0.25, 0.3) is 6.08 Å². The quantitative estimate of drug-likeness (QED) is 0.602. The van der Waals surface area contributed by atoms with E-state index in [1.807, 2.05) is 53.9 Å². The van der Waals surface area contributed by atoms with Crippen molar-refractivity contribution in [2.45, 2.75) is 0 Å². The Morgan fingerprint density at radius 2 is 2.00 bits per heavy atom. The van der Waals surface area contributed by atoms with Crippen LogP contribution in [0.3, 0.4) is 0 Å². The van der Waals surface area contributed by atoms with Gasteiger partial charge >= 0.3 is 5.97 Å². The van der Waals surface area contributed by atoms with Crippen LogP contribution in [0.4, 0.5) is 0 Å². The largest absolute Gasteiger partial charge is 0.368 e. The van der Waals surface area contributed by atoms with Crippen molar-refractivity contribution in [2.24, 2.45) is 5.16 Å². The van der Waals surface area contributed by atoms with Gasteiger partial charge in [0.05, 0.1) is 10.5 Å². The molecule has 104 valence electrons. The summed E-state index contributed by atoms with van der Waals surface area (Å²) in [5.41, 5.74) is 2.08. The number of oxime groups is 1. The fraction of sp³-hybridized carbons (Fsp3) is 0. The van der Waals surface area contributed by atoms with E-state index in [-0.39, 0.29) is 0 Å². The second kappa shape index (κ2) is 6.20. The normalized spacial score (nSPS) is 17.0. The monoisotopic (exact) mass is 359 g/mol. The van der Waals surface area contributed by atoms with Crippen LogP contribution >= 0.6 is 27.3 Å². The summed E-state index contributed by atoms with van der Waals surface area (Å²) >= 11 is 4.99. The number of halogens is 1. The fourth-order valence-electron chi connectivity index (χ4n) is 1.89. The lowest BCUT2D eigenvalue weighted by atomic mass is 10.1. The van der Waals surface area contributed by atoms with Gasteiger partial charge in [0.2, 0.25) is 0 Å². The van der Waals surface area contributed by atoms with Crippen molar-refractivity contribution < 1.29 is 9.63 Å². The summed E-state index contributed by atoms with van der Waals surface area (Å²) in [5, 5.41) is 5.80. The number of carbonyl (C=O) groups excluding carboxylic acids is 1. The second-order valence-corrected chi connectivity index (χ2v) is 6.16. The van der Waals surface area contributed by atoms with Crippen molar-refractivity contribution in [3.63, 3.8) is 0 Å². The van der Waals surface area contributed by atoms with Gasteiger partial charge in [-0.3, -0.25) is 0 Å². The van der Waals surface area contributed by atoms with Gasteiger partial charge in [-0.25, -0.2) is 4.79 Å². The van der Waals surface area contributed by atoms with E-state index in [4.69, 9.17) is 4.84 Å². The lowest BCUT2D eigenvalue weighted by Crippen LogP contribution is -2.05. The number of rotatable bonds is 3. The first-order valence-electron chi connectivity index (χ1n) is 6.21. The van der Waals surface area contributed by atoms with Crippen LogP contribution in [0.5, 0.6) is 0 Å². The van der Waals surface area contributed by atoms with E-state index in [0.717, 1.165) is 14.9 Å². The molecule has 5 heteroatoms. The van der Waals surface area contributed by atoms with Crippen LogP contribution < -0.4 is 0 Å². The molecule has 0 fully saturated rings. The van der Waals surface area contributed by atoms with Gasteiger partial charge in [-0.1, -0.05) is 57.5 Å². The molecular formula is C16H10BrNO2S. The average Bonchev–Trinajstić information content (AvgIpc) is 3.11. The van der Waals surface area contributed by atoms with Crippen molar-refractivity contribution in [3.05, 3.63) is 74.4 Å². The minimum Gasteiger partial charge on any atom is -0.312 e. The molecule has 0 saturated carbocycles. The number of hydrogen-bond acceptors (Lipinski definition) is 4. The Kier molecular flexibility index (Phi) is 4.13. The summed E-state index contributed by atoms with van der Waals surface area (Å²) in [6, 6.07) is 13.7. The van der Waals surface area contributed by atoms with Crippen molar-refractivity contribution in [1.82, 2.24) is 0 Å². The fourth-order valence-corrected chi connectivity index (χ4v) is 3.10. The molecule has 0 N–H and O–H groups in total. The van der Waals surface area contributed by atoms with Crippen LogP contribution in [-0.4, -0.2) is 11.7 Å². The highest BCUT2D eigenvalue weighted by Gasteiger charge is 2.27. The van der Waals surface area contributed by atoms with Gasteiger partial charge < -0.3 is 4.84 Å². The number of allylic oxidation sites excluding steroid dienone is 2. The summed E-state index contributed by atoms with van der Waals surface area (Å²) in [6.07, 6.45) is 3.67. The second-order valence-electron chi connectivity index (χ2n) is 4.29. The Morgan fingerprint density at radius 3 is 2.71 bits per heavy atom. The van der Waals surface area contributed by atoms with Crippen molar-refractivity contribution in [3.8, 4) is 0 Å². The lowest BCUT2D eigenvalue weighted by molar-refractivity contribution is -0.136. The van der Waals surface area contributed by atoms with Crippen LogP contribution in [-0.2, 0) is 9.63 Å². The highest BCUT2D eigenvalue weighted by Crippen LogP contribution is 2.24. The summed E-state index contributed by atoms with van der Waals surface area (Å²) in [7, 11) is 0. The molecule has 1 aliphatic rings. The molecule has 0 atom stereocenters. The Bertz CT molecular complexity index is 746. The number of benzene rings is 1. The lowest BCUT2D eigenvalue weighted by Gasteiger charge is -1.97. The Labute approximate surface area is 134 Å². The maximum Gasteiger partial charge on any atom is 0.368 e. The zero-order valence-corrected chi connectivity index (χ0v) is 13.2. The molecule has 1 aromatic heterocycles. The van der Waals surface area contributed by atoms with Crippen LogP contribution in [0.1, 0.15) is 10.4 Å². The molecule has 0 spiro atoms. The Morgan fingerprint density at radius 1 is 1.19 bits per heavy atom. The standard InChI is InChI=1S/C16H10BrNO2S/c17-12(9-11-5-2-1-3-6-11)10-13-15(18-20-16(13)19)14-7-4-8-21-14/h1-10H. The molecule has 1 aromatic carbocycles. The molecule has 1 aliphatic heterocycles. The molecule has 0 unspecified atom stereocenters. The van der Waals surface area contributed by atoms with Gasteiger partial charge in [-0.05, 0) is 29.2 Å². The summed E-state index contributed by atoms with van der Waals surface area (Å²) in [6.45, 7) is 0. The Balaban J connectivity index is 1.92. The zero-order valence-electron chi connectivity index (χ0n) is 10.8. The molecular weight excluding hydrogens is 350 g/mol. The highest BCUT2D eigenvalue weighted by atomic mass is 79.9. The molecule has 0 bridgehead atoms. The number of carbonyl (C=O) groups is 1. The predicted molar refractivity (Wildman–Crippen MR) is 88.4 cm³/mol. The van der Waals surface area contributed by atoms with Gasteiger partial charge in [0.1, 0.15) is 5.71 Å². The smallest absolute Gasteiger partial charge is 0.312 e. The van der Waals surface area contributed by atoms with Crippen LogP contribution in [0.2, 0.25) is 0 Å². The van der Waals surface area contributed by atoms with Gasteiger partial charge in [0.15, 0.2) is 0 Å². The zero-order chi connectivity index (χ0) is 14.7. The first-order valence-corrected chi connectivity index (χ1v) is 7.89. The minimum absolute atomic E-state index is 0.434. The van der Waals surface area contributed by atoms with E-state index in [2.05, 4.69) is 21.1 Å². The highest BCUT2D eigenvalue weighted by molar-refractivity contribution is 9.12. The Hall–Kier alpha value is -1.98. The van der Waals surface area contributed by atoms with E-state index in [0.29, 0.717) is 11.3 Å². The topological polar surface area (TPSA) is 38.7 Å². The first kappa shape index (κ1) is 14.0. The molecule has 0 radical (unpaired) electrons. The maximum atomic E-state index is 11.8. The van der Waals surface area contributed by atoms with E-state index in [9.17, 15) is 4.79 Å². The van der Waals surface area contributed by atoms with E-state index >= 15 is 0 Å². The maximum absolute atomic E-state index is 11.8. The van der Waals surface area contributed by atoms with Gasteiger partial charge in [0, 0.05) is 4.48 Å². The molecule has 3 rings (SSSR count). The third-order valence-corrected chi connectivity index (χ3v) is 4.17. The summed E-state index contributed by atoms with van der Waals surface area (Å²) in [5.74, 6) is -0.434. The van der Waals surface area contributed by atoms with Gasteiger partial charge in [-0.15, -0.1) is 11.3 Å². The van der Waals surface area contributed by atoms with Gasteiger partial charge in [-0.2, -0.15) is 0 Å². The summed E-state index contributed by atoms with van der Waals surface area (Å²) in [4.78, 5) is 17.5. The van der Waals surface area contributed by atoms with Crippen LogP contribution in [0.15, 0.2) is 69.1 Å². The molecule has 2 aromatic rings. The van der Waals surface area contributed by atoms with Gasteiger partial charge in [0.25, 0.3) is 0 Å². The summed E-state index contributed by atoms with van der Waals surface area (Å²) < 4.78 is 0.784. The SMILES string of the molecule is O=C1ON=C(c2cccs2)C1=CC(Br)=Cc1ccccc1. The third-order valence-electron chi connectivity index (χ3n) is 2.84. The minimum atomic E-state index is -0.434. The van der Waals surface area contributed by atoms with E-state index in [1.165, 1.54) is 11.3 Å². The molecule has 0 saturated heterocycles. The van der Waals surface area contributed by atoms with E-state index < -0.39 is 5.97 Å². The molecule has 2 heterocycles. The van der Waals surface area contributed by atoms with Crippen molar-refractivity contribution >= 4 is 45.0 Å². The number of nitrogens with zero attached hydrogens (tertiary/aromatic N) is 1. The predicted octanol–water partition coefficient (Wildman–Crippen LogP) is 4.37.